The molecule has 0 heterocycles. The maximum absolute atomic E-state index is 11.2. The molecule has 1 fully saturated rings. The van der Waals surface area contributed by atoms with Gasteiger partial charge >= 0.3 is 0 Å². The predicted octanol–water partition coefficient (Wildman–Crippen LogP) is 0.946. The lowest BCUT2D eigenvalue weighted by Gasteiger charge is -2.43. The monoisotopic (exact) mass is 241 g/mol. The van der Waals surface area contributed by atoms with E-state index in [1.807, 2.05) is 0 Å². The first kappa shape index (κ1) is 14.5. The summed E-state index contributed by atoms with van der Waals surface area (Å²) in [6.45, 7) is 7.58. The zero-order chi connectivity index (χ0) is 13.0. The Morgan fingerprint density at radius 3 is 2.53 bits per heavy atom. The molecule has 3 atom stereocenters. The van der Waals surface area contributed by atoms with E-state index in [0.29, 0.717) is 31.1 Å². The molecule has 0 spiro atoms. The Labute approximate surface area is 105 Å². The molecule has 100 valence electrons. The second-order valence-electron chi connectivity index (χ2n) is 5.71. The predicted molar refractivity (Wildman–Crippen MR) is 70.4 cm³/mol. The Balaban J connectivity index is 2.77. The van der Waals surface area contributed by atoms with Gasteiger partial charge in [0.2, 0.25) is 5.91 Å². The third-order valence-electron chi connectivity index (χ3n) is 3.95. The highest BCUT2D eigenvalue weighted by atomic mass is 16.1. The number of primary amides is 1. The fourth-order valence-electron chi connectivity index (χ4n) is 2.96. The van der Waals surface area contributed by atoms with Crippen molar-refractivity contribution >= 4 is 5.91 Å². The van der Waals surface area contributed by atoms with Crippen molar-refractivity contribution in [3.8, 4) is 0 Å². The molecule has 1 aliphatic carbocycles. The Morgan fingerprint density at radius 1 is 1.41 bits per heavy atom. The van der Waals surface area contributed by atoms with Gasteiger partial charge in [-0.15, -0.1) is 0 Å². The molecular weight excluding hydrogens is 214 g/mol. The minimum Gasteiger partial charge on any atom is -0.369 e. The van der Waals surface area contributed by atoms with Gasteiger partial charge in [0, 0.05) is 12.1 Å². The number of carbonyl (C=O) groups excluding carboxylic acids is 1. The van der Waals surface area contributed by atoms with Gasteiger partial charge in [0.1, 0.15) is 0 Å². The first-order valence-electron chi connectivity index (χ1n) is 6.69. The molecule has 0 aromatic carbocycles. The van der Waals surface area contributed by atoms with Crippen LogP contribution in [0, 0.1) is 11.8 Å². The van der Waals surface area contributed by atoms with E-state index in [9.17, 15) is 4.79 Å². The van der Waals surface area contributed by atoms with E-state index in [0.717, 1.165) is 12.3 Å². The zero-order valence-electron chi connectivity index (χ0n) is 11.4. The van der Waals surface area contributed by atoms with Gasteiger partial charge in [-0.3, -0.25) is 9.69 Å². The Bertz CT molecular complexity index is 255. The van der Waals surface area contributed by atoms with Gasteiger partial charge in [0.15, 0.2) is 0 Å². The van der Waals surface area contributed by atoms with Crippen LogP contribution in [-0.4, -0.2) is 36.0 Å². The van der Waals surface area contributed by atoms with E-state index in [1.54, 1.807) is 0 Å². The highest BCUT2D eigenvalue weighted by Crippen LogP contribution is 2.32. The first-order chi connectivity index (χ1) is 7.95. The van der Waals surface area contributed by atoms with Gasteiger partial charge < -0.3 is 11.5 Å². The summed E-state index contributed by atoms with van der Waals surface area (Å²) in [7, 11) is 0. The van der Waals surface area contributed by atoms with E-state index in [1.165, 1.54) is 12.8 Å². The molecular formula is C13H27N3O. The van der Waals surface area contributed by atoms with Crippen LogP contribution in [0.1, 0.15) is 40.0 Å². The molecule has 0 aliphatic heterocycles. The van der Waals surface area contributed by atoms with Crippen molar-refractivity contribution in [2.75, 3.05) is 13.1 Å². The van der Waals surface area contributed by atoms with Crippen LogP contribution in [0.3, 0.4) is 0 Å². The average molecular weight is 241 g/mol. The van der Waals surface area contributed by atoms with Crippen molar-refractivity contribution in [2.45, 2.75) is 52.1 Å². The van der Waals surface area contributed by atoms with Gasteiger partial charge in [-0.1, -0.05) is 13.3 Å². The fourth-order valence-corrected chi connectivity index (χ4v) is 2.96. The van der Waals surface area contributed by atoms with Crippen molar-refractivity contribution in [1.29, 1.82) is 0 Å². The summed E-state index contributed by atoms with van der Waals surface area (Å²) >= 11 is 0. The van der Waals surface area contributed by atoms with Crippen LogP contribution in [0.25, 0.3) is 0 Å². The number of carbonyl (C=O) groups is 1. The van der Waals surface area contributed by atoms with Crippen LogP contribution in [0.4, 0.5) is 0 Å². The van der Waals surface area contributed by atoms with Gasteiger partial charge in [-0.2, -0.15) is 0 Å². The summed E-state index contributed by atoms with van der Waals surface area (Å²) in [5.41, 5.74) is 11.2. The van der Waals surface area contributed by atoms with Crippen molar-refractivity contribution in [1.82, 2.24) is 4.90 Å². The molecule has 4 N–H and O–H groups in total. The minimum absolute atomic E-state index is 0.243. The van der Waals surface area contributed by atoms with Crippen molar-refractivity contribution in [2.24, 2.45) is 23.3 Å². The van der Waals surface area contributed by atoms with Crippen molar-refractivity contribution < 1.29 is 4.79 Å². The quantitative estimate of drug-likeness (QED) is 0.752. The van der Waals surface area contributed by atoms with Crippen LogP contribution in [0.2, 0.25) is 0 Å². The van der Waals surface area contributed by atoms with E-state index >= 15 is 0 Å². The third-order valence-corrected chi connectivity index (χ3v) is 3.95. The average Bonchev–Trinajstić information content (AvgIpc) is 2.25. The number of rotatable bonds is 5. The van der Waals surface area contributed by atoms with Crippen LogP contribution >= 0.6 is 0 Å². The fraction of sp³-hybridized carbons (Fsp3) is 0.923. The van der Waals surface area contributed by atoms with E-state index in [2.05, 4.69) is 25.7 Å². The standard InChI is InChI=1S/C13H27N3O/c1-9(2)16(8-13(15)17)12-6-10(3)4-5-11(12)7-14/h9-12H,4-8,14H2,1-3H3,(H2,15,17). The Morgan fingerprint density at radius 2 is 2.06 bits per heavy atom. The molecule has 0 aromatic heterocycles. The number of hydrogen-bond acceptors (Lipinski definition) is 3. The smallest absolute Gasteiger partial charge is 0.231 e. The summed E-state index contributed by atoms with van der Waals surface area (Å²) in [4.78, 5) is 13.4. The molecule has 0 aromatic rings. The molecule has 0 saturated heterocycles. The molecule has 1 aliphatic rings. The van der Waals surface area contributed by atoms with Crippen LogP contribution in [-0.2, 0) is 4.79 Å². The largest absolute Gasteiger partial charge is 0.369 e. The van der Waals surface area contributed by atoms with Crippen LogP contribution < -0.4 is 11.5 Å². The SMILES string of the molecule is CC1CCC(CN)C(N(CC(N)=O)C(C)C)C1. The molecule has 4 nitrogen and oxygen atoms in total. The molecule has 3 unspecified atom stereocenters. The lowest BCUT2D eigenvalue weighted by Crippen LogP contribution is -2.52. The van der Waals surface area contributed by atoms with E-state index in [4.69, 9.17) is 11.5 Å². The summed E-state index contributed by atoms with van der Waals surface area (Å²) in [5, 5.41) is 0. The zero-order valence-corrected chi connectivity index (χ0v) is 11.4. The van der Waals surface area contributed by atoms with E-state index in [-0.39, 0.29) is 5.91 Å². The molecule has 17 heavy (non-hydrogen) atoms. The van der Waals surface area contributed by atoms with Gasteiger partial charge in [0.05, 0.1) is 6.54 Å². The van der Waals surface area contributed by atoms with Crippen LogP contribution in [0.5, 0.6) is 0 Å². The van der Waals surface area contributed by atoms with Gasteiger partial charge in [0.25, 0.3) is 0 Å². The second-order valence-corrected chi connectivity index (χ2v) is 5.71. The minimum atomic E-state index is -0.243. The normalized spacial score (nSPS) is 29.9. The highest BCUT2D eigenvalue weighted by Gasteiger charge is 2.33. The summed E-state index contributed by atoms with van der Waals surface area (Å²) in [5.74, 6) is 0.984. The maximum Gasteiger partial charge on any atom is 0.231 e. The Hall–Kier alpha value is -0.610. The molecule has 1 amide bonds. The van der Waals surface area contributed by atoms with Gasteiger partial charge in [-0.25, -0.2) is 0 Å². The van der Waals surface area contributed by atoms with E-state index < -0.39 is 0 Å². The molecule has 0 radical (unpaired) electrons. The number of hydrogen-bond donors (Lipinski definition) is 2. The molecule has 0 bridgehead atoms. The molecule has 1 saturated carbocycles. The van der Waals surface area contributed by atoms with Crippen LogP contribution in [0.15, 0.2) is 0 Å². The Kier molecular flexibility index (Phi) is 5.40. The highest BCUT2D eigenvalue weighted by molar-refractivity contribution is 5.76. The van der Waals surface area contributed by atoms with Crippen molar-refractivity contribution in [3.05, 3.63) is 0 Å². The number of nitrogens with two attached hydrogens (primary N) is 2. The summed E-state index contributed by atoms with van der Waals surface area (Å²) in [6, 6.07) is 0.753. The van der Waals surface area contributed by atoms with Gasteiger partial charge in [-0.05, 0) is 45.1 Å². The third kappa shape index (κ3) is 3.96. The van der Waals surface area contributed by atoms with Crippen molar-refractivity contribution in [3.63, 3.8) is 0 Å². The molecule has 1 rings (SSSR count). The maximum atomic E-state index is 11.2. The first-order valence-corrected chi connectivity index (χ1v) is 6.69. The number of nitrogens with zero attached hydrogens (tertiary/aromatic N) is 1. The number of amides is 1. The molecule has 4 heteroatoms. The lowest BCUT2D eigenvalue weighted by atomic mass is 9.78. The summed E-state index contributed by atoms with van der Waals surface area (Å²) < 4.78 is 0. The lowest BCUT2D eigenvalue weighted by molar-refractivity contribution is -0.121. The second kappa shape index (κ2) is 6.36. The summed E-state index contributed by atoms with van der Waals surface area (Å²) in [6.07, 6.45) is 3.55. The topological polar surface area (TPSA) is 72.3 Å².